The summed E-state index contributed by atoms with van der Waals surface area (Å²) in [5, 5.41) is 4.45. The van der Waals surface area contributed by atoms with Gasteiger partial charge in [0.15, 0.2) is 9.84 Å². The highest BCUT2D eigenvalue weighted by molar-refractivity contribution is 7.90. The van der Waals surface area contributed by atoms with Crippen LogP contribution < -0.4 is 10.2 Å². The first-order chi connectivity index (χ1) is 14.4. The molecule has 3 aromatic rings. The van der Waals surface area contributed by atoms with E-state index in [-0.39, 0.29) is 16.7 Å². The van der Waals surface area contributed by atoms with Crippen molar-refractivity contribution in [1.82, 2.24) is 5.43 Å². The van der Waals surface area contributed by atoms with E-state index >= 15 is 0 Å². The number of hydrogen-bond acceptors (Lipinski definition) is 5. The Kier molecular flexibility index (Phi) is 5.55. The molecule has 4 rings (SSSR count). The third-order valence-corrected chi connectivity index (χ3v) is 6.79. The van der Waals surface area contributed by atoms with Gasteiger partial charge in [0, 0.05) is 6.42 Å². The summed E-state index contributed by atoms with van der Waals surface area (Å²) in [7, 11) is -1.89. The van der Waals surface area contributed by atoms with Crippen LogP contribution in [0.2, 0.25) is 0 Å². The molecule has 30 heavy (non-hydrogen) atoms. The topological polar surface area (TPSA) is 67.8 Å². The van der Waals surface area contributed by atoms with E-state index in [1.807, 2.05) is 36.4 Å². The largest absolute Gasteiger partial charge is 0.497 e. The van der Waals surface area contributed by atoms with Crippen LogP contribution in [-0.4, -0.2) is 21.2 Å². The maximum absolute atomic E-state index is 13.0. The highest BCUT2D eigenvalue weighted by Gasteiger charge is 2.22. The fourth-order valence-electron chi connectivity index (χ4n) is 3.39. The van der Waals surface area contributed by atoms with E-state index in [0.29, 0.717) is 5.56 Å². The number of rotatable bonds is 6. The van der Waals surface area contributed by atoms with Crippen LogP contribution in [0.5, 0.6) is 5.75 Å². The fraction of sp³-hybridized carbons (Fsp3) is 0.174. The molecule has 0 aromatic heterocycles. The highest BCUT2D eigenvalue weighted by atomic mass is 32.2. The van der Waals surface area contributed by atoms with E-state index in [2.05, 4.69) is 10.5 Å². The first kappa shape index (κ1) is 20.1. The van der Waals surface area contributed by atoms with Crippen LogP contribution in [0.4, 0.5) is 4.39 Å². The molecular weight excluding hydrogens is 403 g/mol. The van der Waals surface area contributed by atoms with Gasteiger partial charge < -0.3 is 10.2 Å². The Labute approximate surface area is 175 Å². The van der Waals surface area contributed by atoms with E-state index in [1.54, 1.807) is 19.2 Å². The average Bonchev–Trinajstić information content (AvgIpc) is 3.25. The van der Waals surface area contributed by atoms with Gasteiger partial charge in [0.2, 0.25) is 0 Å². The van der Waals surface area contributed by atoms with E-state index in [1.165, 1.54) is 12.1 Å². The van der Waals surface area contributed by atoms with Gasteiger partial charge in [-0.25, -0.2) is 12.8 Å². The number of nitrogens with zero attached hydrogens (tertiary/aromatic N) is 1. The third-order valence-electron chi connectivity index (χ3n) is 5.09. The lowest BCUT2D eigenvalue weighted by atomic mass is 9.98. The number of methoxy groups -OCH3 is 1. The second-order valence-electron chi connectivity index (χ2n) is 7.13. The Balaban J connectivity index is 1.43. The first-order valence-electron chi connectivity index (χ1n) is 9.48. The monoisotopic (exact) mass is 424 g/mol. The quantitative estimate of drug-likeness (QED) is 0.601. The standard InChI is InChI=1S/C23H21FN2O3S/c1-29-20-10-6-18(7-11-20)23-14-22(25-26-23)17-4-2-16(3-5-17)15-30(27,28)21-12-8-19(24)9-13-21/h2-13,23,26H,14-15H2,1H3. The molecule has 1 unspecified atom stereocenters. The number of hydrazone groups is 1. The zero-order chi connectivity index (χ0) is 21.1. The Morgan fingerprint density at radius 2 is 1.67 bits per heavy atom. The van der Waals surface area contributed by atoms with E-state index in [4.69, 9.17) is 4.74 Å². The summed E-state index contributed by atoms with van der Waals surface area (Å²) in [6, 6.07) is 20.2. The minimum Gasteiger partial charge on any atom is -0.497 e. The van der Waals surface area contributed by atoms with Crippen LogP contribution in [0, 0.1) is 5.82 Å². The molecule has 154 valence electrons. The Morgan fingerprint density at radius 1 is 1.00 bits per heavy atom. The maximum Gasteiger partial charge on any atom is 0.182 e. The van der Waals surface area contributed by atoms with Crippen molar-refractivity contribution < 1.29 is 17.5 Å². The highest BCUT2D eigenvalue weighted by Crippen LogP contribution is 2.26. The predicted molar refractivity (Wildman–Crippen MR) is 114 cm³/mol. The van der Waals surface area contributed by atoms with E-state index < -0.39 is 15.7 Å². The number of ether oxygens (including phenoxy) is 1. The smallest absolute Gasteiger partial charge is 0.182 e. The van der Waals surface area contributed by atoms with Crippen molar-refractivity contribution in [2.45, 2.75) is 23.1 Å². The summed E-state index contributed by atoms with van der Waals surface area (Å²) >= 11 is 0. The lowest BCUT2D eigenvalue weighted by molar-refractivity contribution is 0.414. The Hall–Kier alpha value is -3.19. The van der Waals surface area contributed by atoms with Crippen molar-refractivity contribution in [2.24, 2.45) is 5.10 Å². The fourth-order valence-corrected chi connectivity index (χ4v) is 4.74. The minimum atomic E-state index is -3.53. The van der Waals surface area contributed by atoms with Gasteiger partial charge in [-0.2, -0.15) is 5.10 Å². The summed E-state index contributed by atoms with van der Waals surface area (Å²) in [5.41, 5.74) is 6.81. The summed E-state index contributed by atoms with van der Waals surface area (Å²) in [4.78, 5) is 0.111. The normalized spacial score (nSPS) is 16.1. The molecule has 0 saturated carbocycles. The maximum atomic E-state index is 13.0. The van der Waals surface area contributed by atoms with Crippen molar-refractivity contribution in [3.8, 4) is 5.75 Å². The van der Waals surface area contributed by atoms with Crippen molar-refractivity contribution in [3.63, 3.8) is 0 Å². The third kappa shape index (κ3) is 4.36. The molecule has 1 atom stereocenters. The molecule has 0 spiro atoms. The molecule has 1 aliphatic rings. The molecule has 3 aromatic carbocycles. The molecule has 0 saturated heterocycles. The Bertz CT molecular complexity index is 1160. The summed E-state index contributed by atoms with van der Waals surface area (Å²) in [6.07, 6.45) is 0.736. The van der Waals surface area contributed by atoms with E-state index in [9.17, 15) is 12.8 Å². The molecule has 1 heterocycles. The first-order valence-corrected chi connectivity index (χ1v) is 11.1. The number of benzene rings is 3. The minimum absolute atomic E-state index is 0.0874. The second-order valence-corrected chi connectivity index (χ2v) is 9.12. The van der Waals surface area contributed by atoms with Crippen LogP contribution >= 0.6 is 0 Å². The van der Waals surface area contributed by atoms with Crippen LogP contribution in [-0.2, 0) is 15.6 Å². The van der Waals surface area contributed by atoms with Gasteiger partial charge in [-0.1, -0.05) is 36.4 Å². The van der Waals surface area contributed by atoms with Gasteiger partial charge in [0.25, 0.3) is 0 Å². The SMILES string of the molecule is COc1ccc(C2CC(c3ccc(CS(=O)(=O)c4ccc(F)cc4)cc3)=NN2)cc1. The molecule has 0 radical (unpaired) electrons. The molecular formula is C23H21FN2O3S. The zero-order valence-electron chi connectivity index (χ0n) is 16.4. The lowest BCUT2D eigenvalue weighted by Gasteiger charge is -2.11. The zero-order valence-corrected chi connectivity index (χ0v) is 17.2. The second kappa shape index (κ2) is 8.28. The van der Waals surface area contributed by atoms with Gasteiger partial charge in [-0.05, 0) is 53.1 Å². The molecule has 0 aliphatic carbocycles. The number of halogens is 1. The molecule has 1 aliphatic heterocycles. The molecule has 1 N–H and O–H groups in total. The van der Waals surface area contributed by atoms with Crippen LogP contribution in [0.25, 0.3) is 0 Å². The molecule has 0 bridgehead atoms. The van der Waals surface area contributed by atoms with Gasteiger partial charge in [0.05, 0.1) is 29.5 Å². The summed E-state index contributed by atoms with van der Waals surface area (Å²) in [6.45, 7) is 0. The van der Waals surface area contributed by atoms with Crippen molar-refractivity contribution >= 4 is 15.5 Å². The molecule has 5 nitrogen and oxygen atoms in total. The molecule has 0 fully saturated rings. The van der Waals surface area contributed by atoms with Crippen molar-refractivity contribution in [3.05, 3.63) is 95.3 Å². The summed E-state index contributed by atoms with van der Waals surface area (Å²) in [5.74, 6) is 0.208. The van der Waals surface area contributed by atoms with Gasteiger partial charge in [0.1, 0.15) is 11.6 Å². The van der Waals surface area contributed by atoms with E-state index in [0.717, 1.165) is 41.1 Å². The summed E-state index contributed by atoms with van der Waals surface area (Å²) < 4.78 is 43.3. The average molecular weight is 424 g/mol. The number of sulfone groups is 1. The molecule has 0 amide bonds. The van der Waals surface area contributed by atoms with Crippen molar-refractivity contribution in [2.75, 3.05) is 7.11 Å². The van der Waals surface area contributed by atoms with Crippen molar-refractivity contribution in [1.29, 1.82) is 0 Å². The van der Waals surface area contributed by atoms with Gasteiger partial charge >= 0.3 is 0 Å². The van der Waals surface area contributed by atoms with Crippen LogP contribution in [0.1, 0.15) is 29.2 Å². The van der Waals surface area contributed by atoms with Crippen LogP contribution in [0.3, 0.4) is 0 Å². The van der Waals surface area contributed by atoms with Crippen LogP contribution in [0.15, 0.2) is 82.8 Å². The number of hydrogen-bond donors (Lipinski definition) is 1. The predicted octanol–water partition coefficient (Wildman–Crippen LogP) is 4.25. The van der Waals surface area contributed by atoms with Gasteiger partial charge in [-0.15, -0.1) is 0 Å². The van der Waals surface area contributed by atoms with Gasteiger partial charge in [-0.3, -0.25) is 0 Å². The lowest BCUT2D eigenvalue weighted by Crippen LogP contribution is -2.09. The number of nitrogens with one attached hydrogen (secondary N) is 1. The molecule has 7 heteroatoms. The Morgan fingerprint density at radius 3 is 2.30 bits per heavy atom.